The van der Waals surface area contributed by atoms with Crippen molar-refractivity contribution in [3.8, 4) is 0 Å². The van der Waals surface area contributed by atoms with Gasteiger partial charge in [0.05, 0.1) is 11.9 Å². The number of hydrazine groups is 1. The molecule has 3 rings (SSSR count). The third-order valence-corrected chi connectivity index (χ3v) is 3.68. The molecule has 0 saturated heterocycles. The molecule has 0 saturated carbocycles. The summed E-state index contributed by atoms with van der Waals surface area (Å²) >= 11 is 5.65. The van der Waals surface area contributed by atoms with Gasteiger partial charge in [0.1, 0.15) is 0 Å². The second-order valence-electron chi connectivity index (χ2n) is 5.01. The molecule has 2 N–H and O–H groups in total. The number of aryl methyl sites for hydroxylation is 1. The van der Waals surface area contributed by atoms with Gasteiger partial charge in [-0.25, -0.2) is 0 Å². The predicted octanol–water partition coefficient (Wildman–Crippen LogP) is 2.67. The molecule has 0 fully saturated rings. The summed E-state index contributed by atoms with van der Waals surface area (Å²) in [5.41, 5.74) is 8.22. The Morgan fingerprint density at radius 1 is 1.17 bits per heavy atom. The van der Waals surface area contributed by atoms with E-state index in [4.69, 9.17) is 11.6 Å². The van der Waals surface area contributed by atoms with E-state index in [1.54, 1.807) is 18.3 Å². The Balaban J connectivity index is 1.68. The van der Waals surface area contributed by atoms with Gasteiger partial charge in [0, 0.05) is 11.6 Å². The van der Waals surface area contributed by atoms with Crippen LogP contribution in [-0.4, -0.2) is 21.1 Å². The highest BCUT2D eigenvalue weighted by atomic mass is 35.5. The summed E-state index contributed by atoms with van der Waals surface area (Å²) in [6, 6.07) is 10.9. The van der Waals surface area contributed by atoms with Crippen LogP contribution in [0.25, 0.3) is 10.9 Å². The number of amides is 1. The SMILES string of the molecule is Cc1c(CC(=O)NNc2ccc(Cl)nn2)ccc2ncccc12. The number of carbonyl (C=O) groups excluding carboxylic acids is 1. The summed E-state index contributed by atoms with van der Waals surface area (Å²) in [4.78, 5) is 16.4. The largest absolute Gasteiger partial charge is 0.280 e. The molecule has 7 heteroatoms. The van der Waals surface area contributed by atoms with E-state index in [-0.39, 0.29) is 12.3 Å². The fourth-order valence-electron chi connectivity index (χ4n) is 2.27. The number of anilines is 1. The van der Waals surface area contributed by atoms with Gasteiger partial charge >= 0.3 is 0 Å². The Kier molecular flexibility index (Phi) is 4.34. The number of rotatable bonds is 4. The van der Waals surface area contributed by atoms with Crippen molar-refractivity contribution in [3.05, 3.63) is 58.9 Å². The van der Waals surface area contributed by atoms with Crippen LogP contribution in [0.2, 0.25) is 5.15 Å². The van der Waals surface area contributed by atoms with Crippen molar-refractivity contribution in [2.45, 2.75) is 13.3 Å². The quantitative estimate of drug-likeness (QED) is 0.720. The summed E-state index contributed by atoms with van der Waals surface area (Å²) in [5.74, 6) is 0.246. The molecule has 0 atom stereocenters. The average molecular weight is 328 g/mol. The monoisotopic (exact) mass is 327 g/mol. The van der Waals surface area contributed by atoms with Gasteiger partial charge in [-0.2, -0.15) is 0 Å². The number of benzene rings is 1. The van der Waals surface area contributed by atoms with Crippen molar-refractivity contribution in [2.75, 3.05) is 5.43 Å². The van der Waals surface area contributed by atoms with Crippen LogP contribution in [0.3, 0.4) is 0 Å². The highest BCUT2D eigenvalue weighted by Crippen LogP contribution is 2.20. The van der Waals surface area contributed by atoms with Gasteiger partial charge in [-0.15, -0.1) is 10.2 Å². The number of nitrogens with one attached hydrogen (secondary N) is 2. The van der Waals surface area contributed by atoms with E-state index in [0.717, 1.165) is 22.0 Å². The number of hydrogen-bond donors (Lipinski definition) is 2. The first kappa shape index (κ1) is 15.2. The number of halogens is 1. The first-order valence-corrected chi connectivity index (χ1v) is 7.38. The Morgan fingerprint density at radius 2 is 2.04 bits per heavy atom. The number of fused-ring (bicyclic) bond motifs is 1. The zero-order valence-electron chi connectivity index (χ0n) is 12.4. The average Bonchev–Trinajstić information content (AvgIpc) is 2.57. The molecular formula is C16H14ClN5O. The van der Waals surface area contributed by atoms with Gasteiger partial charge in [-0.05, 0) is 42.3 Å². The van der Waals surface area contributed by atoms with Gasteiger partial charge in [0.2, 0.25) is 5.91 Å². The lowest BCUT2D eigenvalue weighted by molar-refractivity contribution is -0.119. The topological polar surface area (TPSA) is 79.8 Å². The summed E-state index contributed by atoms with van der Waals surface area (Å²) in [7, 11) is 0. The first-order chi connectivity index (χ1) is 11.1. The maximum Gasteiger partial charge on any atom is 0.242 e. The first-order valence-electron chi connectivity index (χ1n) is 7.01. The van der Waals surface area contributed by atoms with Crippen LogP contribution >= 0.6 is 11.6 Å². The number of hydrogen-bond acceptors (Lipinski definition) is 5. The molecule has 0 unspecified atom stereocenters. The fourth-order valence-corrected chi connectivity index (χ4v) is 2.37. The van der Waals surface area contributed by atoms with Crippen LogP contribution in [0.1, 0.15) is 11.1 Å². The fraction of sp³-hybridized carbons (Fsp3) is 0.125. The smallest absolute Gasteiger partial charge is 0.242 e. The molecular weight excluding hydrogens is 314 g/mol. The predicted molar refractivity (Wildman–Crippen MR) is 89.0 cm³/mol. The Bertz CT molecular complexity index is 851. The van der Waals surface area contributed by atoms with E-state index >= 15 is 0 Å². The van der Waals surface area contributed by atoms with Crippen molar-refractivity contribution in [3.63, 3.8) is 0 Å². The molecule has 0 aliphatic carbocycles. The normalized spacial score (nSPS) is 10.5. The van der Waals surface area contributed by atoms with Crippen LogP contribution in [0.4, 0.5) is 5.82 Å². The Morgan fingerprint density at radius 3 is 2.83 bits per heavy atom. The van der Waals surface area contributed by atoms with E-state index in [0.29, 0.717) is 11.0 Å². The summed E-state index contributed by atoms with van der Waals surface area (Å²) in [6.45, 7) is 1.99. The van der Waals surface area contributed by atoms with Crippen LogP contribution < -0.4 is 10.9 Å². The number of aromatic nitrogens is 3. The second kappa shape index (κ2) is 6.58. The van der Waals surface area contributed by atoms with Crippen LogP contribution in [0.15, 0.2) is 42.6 Å². The highest BCUT2D eigenvalue weighted by Gasteiger charge is 2.09. The maximum absolute atomic E-state index is 12.1. The number of pyridine rings is 1. The van der Waals surface area contributed by atoms with Gasteiger partial charge in [0.25, 0.3) is 0 Å². The van der Waals surface area contributed by atoms with Crippen LogP contribution in [0.5, 0.6) is 0 Å². The van der Waals surface area contributed by atoms with Gasteiger partial charge in [-0.3, -0.25) is 20.6 Å². The van der Waals surface area contributed by atoms with Crippen molar-refractivity contribution in [1.82, 2.24) is 20.6 Å². The highest BCUT2D eigenvalue weighted by molar-refractivity contribution is 6.29. The lowest BCUT2D eigenvalue weighted by Crippen LogP contribution is -2.31. The Labute approximate surface area is 137 Å². The number of nitrogens with zero attached hydrogens (tertiary/aromatic N) is 3. The molecule has 0 radical (unpaired) electrons. The van der Waals surface area contributed by atoms with Gasteiger partial charge in [-0.1, -0.05) is 23.7 Å². The molecule has 0 aliphatic heterocycles. The van der Waals surface area contributed by atoms with Crippen LogP contribution in [0, 0.1) is 6.92 Å². The molecule has 0 spiro atoms. The summed E-state index contributed by atoms with van der Waals surface area (Å²) < 4.78 is 0. The minimum Gasteiger partial charge on any atom is -0.280 e. The summed E-state index contributed by atoms with van der Waals surface area (Å²) in [5, 5.41) is 8.83. The van der Waals surface area contributed by atoms with Gasteiger partial charge in [0.15, 0.2) is 11.0 Å². The standard InChI is InChI=1S/C16H14ClN5O/c1-10-11(4-5-13-12(10)3-2-8-18-13)9-16(23)22-21-15-7-6-14(17)19-20-15/h2-8H,9H2,1H3,(H,20,21)(H,22,23). The van der Waals surface area contributed by atoms with E-state index in [9.17, 15) is 4.79 Å². The lowest BCUT2D eigenvalue weighted by Gasteiger charge is -2.10. The zero-order chi connectivity index (χ0) is 16.2. The second-order valence-corrected chi connectivity index (χ2v) is 5.40. The molecule has 3 aromatic rings. The molecule has 1 aromatic carbocycles. The van der Waals surface area contributed by atoms with Crippen molar-refractivity contribution >= 4 is 34.2 Å². The van der Waals surface area contributed by atoms with Crippen LogP contribution in [-0.2, 0) is 11.2 Å². The minimum atomic E-state index is -0.173. The molecule has 1 amide bonds. The van der Waals surface area contributed by atoms with Crippen molar-refractivity contribution in [2.24, 2.45) is 0 Å². The third kappa shape index (κ3) is 3.54. The Hall–Kier alpha value is -2.73. The van der Waals surface area contributed by atoms with Gasteiger partial charge < -0.3 is 0 Å². The molecule has 0 bridgehead atoms. The van der Waals surface area contributed by atoms with Crippen molar-refractivity contribution < 1.29 is 4.79 Å². The maximum atomic E-state index is 12.1. The minimum absolute atomic E-state index is 0.173. The lowest BCUT2D eigenvalue weighted by atomic mass is 10.0. The van der Waals surface area contributed by atoms with E-state index in [1.165, 1.54) is 0 Å². The molecule has 2 heterocycles. The van der Waals surface area contributed by atoms with E-state index < -0.39 is 0 Å². The van der Waals surface area contributed by atoms with Crippen molar-refractivity contribution in [1.29, 1.82) is 0 Å². The van der Waals surface area contributed by atoms with E-state index in [2.05, 4.69) is 26.0 Å². The number of carbonyl (C=O) groups is 1. The summed E-state index contributed by atoms with van der Waals surface area (Å²) in [6.07, 6.45) is 2.01. The molecule has 2 aromatic heterocycles. The van der Waals surface area contributed by atoms with E-state index in [1.807, 2.05) is 31.2 Å². The molecule has 0 aliphatic rings. The molecule has 23 heavy (non-hydrogen) atoms. The molecule has 6 nitrogen and oxygen atoms in total. The molecule has 116 valence electrons. The zero-order valence-corrected chi connectivity index (χ0v) is 13.1. The third-order valence-electron chi connectivity index (χ3n) is 3.48.